The molecule has 24 heavy (non-hydrogen) atoms. The third-order valence-electron chi connectivity index (χ3n) is 5.12. The Hall–Kier alpha value is -2.15. The number of halogens is 1. The maximum absolute atomic E-state index is 13.2. The van der Waals surface area contributed by atoms with E-state index in [4.69, 9.17) is 0 Å². The summed E-state index contributed by atoms with van der Waals surface area (Å²) in [6.07, 6.45) is 0.772. The van der Waals surface area contributed by atoms with Crippen molar-refractivity contribution in [1.29, 1.82) is 0 Å². The van der Waals surface area contributed by atoms with Gasteiger partial charge < -0.3 is 15.5 Å². The number of hydrogen-bond donors (Lipinski definition) is 2. The summed E-state index contributed by atoms with van der Waals surface area (Å²) in [5.74, 6) is 0.0468. The van der Waals surface area contributed by atoms with E-state index in [-0.39, 0.29) is 29.8 Å². The lowest BCUT2D eigenvalue weighted by Gasteiger charge is -2.25. The first-order valence-corrected chi connectivity index (χ1v) is 8.20. The van der Waals surface area contributed by atoms with Crippen molar-refractivity contribution in [3.05, 3.63) is 35.6 Å². The third kappa shape index (κ3) is 3.21. The average molecular weight is 334 g/mol. The summed E-state index contributed by atoms with van der Waals surface area (Å²) in [7, 11) is 3.59. The van der Waals surface area contributed by atoms with E-state index in [1.165, 1.54) is 12.1 Å². The van der Waals surface area contributed by atoms with Crippen LogP contribution in [0.15, 0.2) is 24.3 Å². The Bertz CT molecular complexity index is 639. The summed E-state index contributed by atoms with van der Waals surface area (Å²) in [6.45, 7) is 1.57. The van der Waals surface area contributed by atoms with Gasteiger partial charge in [-0.15, -0.1) is 0 Å². The van der Waals surface area contributed by atoms with Gasteiger partial charge in [-0.25, -0.2) is 9.18 Å². The van der Waals surface area contributed by atoms with Gasteiger partial charge in [-0.05, 0) is 37.1 Å². The van der Waals surface area contributed by atoms with E-state index >= 15 is 0 Å². The number of nitrogens with one attached hydrogen (secondary N) is 2. The number of carbonyl (C=O) groups is 2. The highest BCUT2D eigenvalue weighted by Crippen LogP contribution is 2.34. The lowest BCUT2D eigenvalue weighted by atomic mass is 10.0. The Morgan fingerprint density at radius 1 is 1.33 bits per heavy atom. The molecular formula is C17H23FN4O2. The van der Waals surface area contributed by atoms with E-state index in [0.717, 1.165) is 12.0 Å². The normalized spacial score (nSPS) is 26.3. The van der Waals surface area contributed by atoms with Gasteiger partial charge in [0.15, 0.2) is 0 Å². The van der Waals surface area contributed by atoms with E-state index in [1.54, 1.807) is 24.1 Å². The molecule has 3 atom stereocenters. The molecule has 130 valence electrons. The number of nitrogens with zero attached hydrogens (tertiary/aromatic N) is 2. The van der Waals surface area contributed by atoms with Crippen LogP contribution in [-0.2, 0) is 11.3 Å². The largest absolute Gasteiger partial charge is 0.358 e. The van der Waals surface area contributed by atoms with E-state index in [9.17, 15) is 14.0 Å². The van der Waals surface area contributed by atoms with Crippen molar-refractivity contribution < 1.29 is 14.0 Å². The molecule has 0 spiro atoms. The number of rotatable bonds is 3. The van der Waals surface area contributed by atoms with Gasteiger partial charge in [-0.1, -0.05) is 12.1 Å². The number of benzene rings is 1. The van der Waals surface area contributed by atoms with Gasteiger partial charge in [0.05, 0.1) is 6.04 Å². The van der Waals surface area contributed by atoms with Crippen molar-refractivity contribution in [2.45, 2.75) is 25.0 Å². The van der Waals surface area contributed by atoms with Gasteiger partial charge in [-0.3, -0.25) is 9.69 Å². The molecule has 2 N–H and O–H groups in total. The molecule has 0 bridgehead atoms. The summed E-state index contributed by atoms with van der Waals surface area (Å²) >= 11 is 0. The highest BCUT2D eigenvalue weighted by molar-refractivity contribution is 5.82. The minimum absolute atomic E-state index is 0.0361. The molecule has 3 rings (SSSR count). The molecule has 2 aliphatic rings. The SMILES string of the molecule is CNC(=O)[C@@H]1C[C@H]2CN(C(=O)NCc3cccc(F)c3)C[C@H]2N1C. The van der Waals surface area contributed by atoms with Crippen LogP contribution in [0, 0.1) is 11.7 Å². The fourth-order valence-corrected chi connectivity index (χ4v) is 3.79. The lowest BCUT2D eigenvalue weighted by Crippen LogP contribution is -2.46. The molecule has 2 fully saturated rings. The summed E-state index contributed by atoms with van der Waals surface area (Å²) in [5.41, 5.74) is 0.736. The number of amides is 3. The van der Waals surface area contributed by atoms with Crippen molar-refractivity contribution in [2.24, 2.45) is 5.92 Å². The molecule has 2 aliphatic heterocycles. The summed E-state index contributed by atoms with van der Waals surface area (Å²) in [6, 6.07) is 6.18. The molecule has 0 radical (unpaired) electrons. The van der Waals surface area contributed by atoms with Gasteiger partial charge in [0.2, 0.25) is 5.91 Å². The zero-order valence-corrected chi connectivity index (χ0v) is 14.0. The monoisotopic (exact) mass is 334 g/mol. The fraction of sp³-hybridized carbons (Fsp3) is 0.529. The van der Waals surface area contributed by atoms with Gasteiger partial charge in [-0.2, -0.15) is 0 Å². The number of carbonyl (C=O) groups excluding carboxylic acids is 2. The predicted octanol–water partition coefficient (Wildman–Crippen LogP) is 0.786. The molecule has 1 aromatic carbocycles. The number of urea groups is 1. The summed E-state index contributed by atoms with van der Waals surface area (Å²) in [5, 5.41) is 5.54. The predicted molar refractivity (Wildman–Crippen MR) is 87.7 cm³/mol. The van der Waals surface area contributed by atoms with Crippen LogP contribution in [0.5, 0.6) is 0 Å². The Balaban J connectivity index is 1.53. The zero-order chi connectivity index (χ0) is 17.3. The quantitative estimate of drug-likeness (QED) is 0.859. The highest BCUT2D eigenvalue weighted by atomic mass is 19.1. The Labute approximate surface area is 141 Å². The highest BCUT2D eigenvalue weighted by Gasteiger charge is 2.47. The summed E-state index contributed by atoms with van der Waals surface area (Å²) < 4.78 is 13.2. The second-order valence-corrected chi connectivity index (χ2v) is 6.55. The number of fused-ring (bicyclic) bond motifs is 1. The molecule has 3 amide bonds. The summed E-state index contributed by atoms with van der Waals surface area (Å²) in [4.78, 5) is 28.1. The van der Waals surface area contributed by atoms with Crippen LogP contribution in [0.2, 0.25) is 0 Å². The van der Waals surface area contributed by atoms with E-state index < -0.39 is 0 Å². The number of likely N-dealkylation sites (N-methyl/N-ethyl adjacent to an activating group) is 2. The van der Waals surface area contributed by atoms with E-state index in [2.05, 4.69) is 15.5 Å². The van der Waals surface area contributed by atoms with Crippen LogP contribution >= 0.6 is 0 Å². The zero-order valence-electron chi connectivity index (χ0n) is 14.0. The number of likely N-dealkylation sites (tertiary alicyclic amines) is 2. The second kappa shape index (κ2) is 6.76. The van der Waals surface area contributed by atoms with Gasteiger partial charge in [0.25, 0.3) is 0 Å². The van der Waals surface area contributed by atoms with Crippen molar-refractivity contribution in [3.8, 4) is 0 Å². The second-order valence-electron chi connectivity index (χ2n) is 6.55. The Morgan fingerprint density at radius 3 is 2.79 bits per heavy atom. The topological polar surface area (TPSA) is 64.7 Å². The lowest BCUT2D eigenvalue weighted by molar-refractivity contribution is -0.125. The van der Waals surface area contributed by atoms with Gasteiger partial charge >= 0.3 is 6.03 Å². The van der Waals surface area contributed by atoms with Crippen molar-refractivity contribution >= 4 is 11.9 Å². The van der Waals surface area contributed by atoms with Gasteiger partial charge in [0, 0.05) is 32.7 Å². The molecule has 6 nitrogen and oxygen atoms in total. The van der Waals surface area contributed by atoms with Crippen molar-refractivity contribution in [2.75, 3.05) is 27.2 Å². The first-order chi connectivity index (χ1) is 11.5. The minimum atomic E-state index is -0.306. The average Bonchev–Trinajstić information content (AvgIpc) is 3.12. The van der Waals surface area contributed by atoms with Crippen LogP contribution in [0.4, 0.5) is 9.18 Å². The molecule has 0 saturated carbocycles. The standard InChI is InChI=1S/C17H23FN4O2/c1-19-16(23)14-7-12-9-22(10-15(12)21(14)2)17(24)20-8-11-4-3-5-13(18)6-11/h3-6,12,14-15H,7-10H2,1-2H3,(H,19,23)(H,20,24)/t12-,14-,15+/m0/s1. The third-order valence-corrected chi connectivity index (χ3v) is 5.12. The first-order valence-electron chi connectivity index (χ1n) is 8.20. The molecule has 2 saturated heterocycles. The van der Waals surface area contributed by atoms with Crippen molar-refractivity contribution in [3.63, 3.8) is 0 Å². The van der Waals surface area contributed by atoms with Crippen LogP contribution < -0.4 is 10.6 Å². The molecule has 2 heterocycles. The molecule has 0 unspecified atom stereocenters. The fourth-order valence-electron chi connectivity index (χ4n) is 3.79. The molecule has 0 aliphatic carbocycles. The maximum Gasteiger partial charge on any atom is 0.317 e. The van der Waals surface area contributed by atoms with E-state index in [1.807, 2.05) is 7.05 Å². The minimum Gasteiger partial charge on any atom is -0.358 e. The van der Waals surface area contributed by atoms with Crippen LogP contribution in [0.25, 0.3) is 0 Å². The maximum atomic E-state index is 13.2. The molecule has 7 heteroatoms. The van der Waals surface area contributed by atoms with E-state index in [0.29, 0.717) is 25.6 Å². The Kier molecular flexibility index (Phi) is 4.71. The van der Waals surface area contributed by atoms with Crippen LogP contribution in [0.3, 0.4) is 0 Å². The Morgan fingerprint density at radius 2 is 2.12 bits per heavy atom. The smallest absolute Gasteiger partial charge is 0.317 e. The molecular weight excluding hydrogens is 311 g/mol. The first kappa shape index (κ1) is 16.7. The van der Waals surface area contributed by atoms with Crippen LogP contribution in [0.1, 0.15) is 12.0 Å². The van der Waals surface area contributed by atoms with Crippen molar-refractivity contribution in [1.82, 2.24) is 20.4 Å². The molecule has 1 aromatic rings. The molecule has 0 aromatic heterocycles. The van der Waals surface area contributed by atoms with Crippen LogP contribution in [-0.4, -0.2) is 61.0 Å². The van der Waals surface area contributed by atoms with Gasteiger partial charge in [0.1, 0.15) is 5.82 Å². The number of hydrogen-bond acceptors (Lipinski definition) is 3.